The van der Waals surface area contributed by atoms with E-state index in [9.17, 15) is 14.4 Å². The molecule has 4 aliphatic rings. The van der Waals surface area contributed by atoms with Crippen LogP contribution in [0, 0.1) is 0 Å². The molecule has 4 aromatic heterocycles. The van der Waals surface area contributed by atoms with Crippen molar-refractivity contribution in [2.75, 3.05) is 45.9 Å². The van der Waals surface area contributed by atoms with E-state index in [4.69, 9.17) is 76.0 Å². The molecule has 11 rings (SSSR count). The van der Waals surface area contributed by atoms with E-state index >= 15 is 0 Å². The largest absolute Gasteiger partial charge is 0.456 e. The lowest BCUT2D eigenvalue weighted by atomic mass is 10.1. The van der Waals surface area contributed by atoms with Gasteiger partial charge in [0, 0.05) is 56.1 Å². The maximum atomic E-state index is 13.3. The number of ether oxygens (including phenoxy) is 8. The van der Waals surface area contributed by atoms with Crippen molar-refractivity contribution < 1.29 is 52.3 Å². The van der Waals surface area contributed by atoms with Gasteiger partial charge in [0.05, 0.1) is 63.3 Å². The lowest BCUT2D eigenvalue weighted by molar-refractivity contribution is 0.00332. The Kier molecular flexibility index (Phi) is 17.7. The monoisotopic (exact) mass is 1240 g/mol. The molecule has 9 atom stereocenters. The summed E-state index contributed by atoms with van der Waals surface area (Å²) < 4.78 is 70.1. The van der Waals surface area contributed by atoms with Crippen molar-refractivity contribution in [1.82, 2.24) is 29.1 Å². The van der Waals surface area contributed by atoms with Crippen LogP contribution in [0.15, 0.2) is 105 Å². The molecule has 4 fully saturated rings. The second-order valence-corrected chi connectivity index (χ2v) is 37.8. The van der Waals surface area contributed by atoms with Crippen molar-refractivity contribution in [3.05, 3.63) is 106 Å². The lowest BCUT2D eigenvalue weighted by Crippen LogP contribution is -2.35. The highest BCUT2D eigenvalue weighted by Gasteiger charge is 2.50. The third-order valence-corrected chi connectivity index (χ3v) is 20.1. The van der Waals surface area contributed by atoms with E-state index in [1.165, 1.54) is 0 Å². The van der Waals surface area contributed by atoms with E-state index in [2.05, 4.69) is 64.6 Å². The van der Waals surface area contributed by atoms with E-state index in [1.807, 2.05) is 83.4 Å². The Hall–Kier alpha value is -4.38. The van der Waals surface area contributed by atoms with Crippen LogP contribution in [-0.4, -0.2) is 154 Å². The Morgan fingerprint density at radius 2 is 1.06 bits per heavy atom. The SMILES string of the molecule is C[Si](C)(C)CCOCn1c(O[C@@H]2CO[C@H]3[C@@H]2OC[C@H]3O)nc2cc(Cl)c(-c3ccc(Br)cc3)nc21.C[Si](C)(C)CCOCn1c(O[C@@H]2CO[C@H]3[C@@H]2OC[C@H]3O)nc2cc(Cl)c(-c3ccc(N=[S@](C)(=O)c4ccccc4)cc3)nc21. The van der Waals surface area contributed by atoms with Crippen molar-refractivity contribution >= 4 is 93.0 Å². The summed E-state index contributed by atoms with van der Waals surface area (Å²) in [5, 5.41) is 21.2. The van der Waals surface area contributed by atoms with Gasteiger partial charge in [0.25, 0.3) is 0 Å². The quantitative estimate of drug-likeness (QED) is 0.0606. The third-order valence-electron chi connectivity index (χ3n) is 13.9. The Morgan fingerprint density at radius 1 is 0.633 bits per heavy atom. The molecule has 0 amide bonds. The molecule has 2 N–H and O–H groups in total. The summed E-state index contributed by atoms with van der Waals surface area (Å²) in [4.78, 5) is 19.9. The zero-order valence-corrected chi connectivity index (χ0v) is 51.0. The number of benzene rings is 3. The average molecular weight is 1240 g/mol. The molecular weight excluding hydrogens is 1170 g/mol. The van der Waals surface area contributed by atoms with Gasteiger partial charge in [-0.3, -0.25) is 9.13 Å². The van der Waals surface area contributed by atoms with Crippen LogP contribution in [-0.2, 0) is 51.6 Å². The molecule has 0 radical (unpaired) electrons. The number of aliphatic hydroxyl groups excluding tert-OH is 2. The summed E-state index contributed by atoms with van der Waals surface area (Å²) in [6.07, 6.45) is -2.07. The second-order valence-electron chi connectivity index (χ2n) is 22.6. The number of nitrogens with zero attached hydrogens (tertiary/aromatic N) is 7. The van der Waals surface area contributed by atoms with E-state index in [1.54, 1.807) is 23.0 Å². The molecule has 0 aliphatic carbocycles. The molecule has 0 spiro atoms. The summed E-state index contributed by atoms with van der Waals surface area (Å²) in [5.74, 6) is 0. The first-order valence-corrected chi connectivity index (χ1v) is 37.2. The molecule has 0 bridgehead atoms. The first kappa shape index (κ1) is 57.8. The standard InChI is InChI=1S/C31H37ClN4O6SSi.C24H29BrClN3O5Si/c1-43(38,22-8-6-5-7-9-22)35-21-12-10-20(11-13-21)27-23(32)16-24-30(34-27)36(19-39-14-15-44(2,3)4)31(33-24)42-26-18-41-28-25(37)17-40-29(26)28;1-35(2,3)9-8-31-13-29-23-17(10-16(26)20(28-23)14-4-6-15(25)7-5-14)27-24(29)34-19-12-33-21-18(30)11-32-22(19)21/h5-13,16,25-26,28-29,37H,14-15,17-19H2,1-4H3;4-7,10,18-19,21-22,30H,8-9,11-13H2,1-3H3/t25-,26-,28-,29-,43-;18-,19-,21-,22-/m11/s1. The van der Waals surface area contributed by atoms with Crippen molar-refractivity contribution in [2.24, 2.45) is 4.36 Å². The highest BCUT2D eigenvalue weighted by Crippen LogP contribution is 2.37. The molecule has 18 nitrogen and oxygen atoms in total. The first-order chi connectivity index (χ1) is 37.7. The predicted molar refractivity (Wildman–Crippen MR) is 313 cm³/mol. The molecule has 0 unspecified atom stereocenters. The van der Waals surface area contributed by atoms with Crippen LogP contribution in [0.1, 0.15) is 0 Å². The van der Waals surface area contributed by atoms with Gasteiger partial charge in [-0.15, -0.1) is 0 Å². The topological polar surface area (TPSA) is 205 Å². The molecule has 3 aromatic carbocycles. The fourth-order valence-corrected chi connectivity index (χ4v) is 13.0. The van der Waals surface area contributed by atoms with Gasteiger partial charge in [-0.25, -0.2) is 14.2 Å². The number of halogens is 3. The summed E-state index contributed by atoms with van der Waals surface area (Å²) >= 11 is 16.8. The first-order valence-electron chi connectivity index (χ1n) is 26.3. The number of hydrogen-bond acceptors (Lipinski definition) is 16. The number of aromatic nitrogens is 6. The maximum absolute atomic E-state index is 13.3. The van der Waals surface area contributed by atoms with Crippen LogP contribution in [0.3, 0.4) is 0 Å². The van der Waals surface area contributed by atoms with Gasteiger partial charge in [-0.1, -0.05) is 121 Å². The number of imidazole rings is 2. The van der Waals surface area contributed by atoms with Gasteiger partial charge < -0.3 is 48.1 Å². The van der Waals surface area contributed by atoms with Crippen LogP contribution in [0.2, 0.25) is 61.4 Å². The molecule has 422 valence electrons. The van der Waals surface area contributed by atoms with Crippen molar-refractivity contribution in [2.45, 2.75) is 119 Å². The molecule has 79 heavy (non-hydrogen) atoms. The van der Waals surface area contributed by atoms with E-state index < -0.39 is 56.4 Å². The van der Waals surface area contributed by atoms with Gasteiger partial charge >= 0.3 is 12.0 Å². The van der Waals surface area contributed by atoms with Crippen LogP contribution < -0.4 is 9.47 Å². The zero-order valence-electron chi connectivity index (χ0n) is 45.1. The fraction of sp³-hybridized carbons (Fsp3) is 0.455. The summed E-state index contributed by atoms with van der Waals surface area (Å²) in [7, 11) is -5.14. The molecule has 24 heteroatoms. The van der Waals surface area contributed by atoms with E-state index in [0.717, 1.165) is 27.7 Å². The Labute approximate surface area is 480 Å². The van der Waals surface area contributed by atoms with Crippen LogP contribution in [0.5, 0.6) is 12.0 Å². The number of rotatable bonds is 18. The summed E-state index contributed by atoms with van der Waals surface area (Å²) in [5.41, 5.74) is 5.84. The van der Waals surface area contributed by atoms with Gasteiger partial charge in [0.2, 0.25) is 0 Å². The molecule has 7 aromatic rings. The molecule has 4 aliphatic heterocycles. The number of fused-ring (bicyclic) bond motifs is 4. The molecular formula is C55H66BrCl2N7O11SSi2. The van der Waals surface area contributed by atoms with Crippen LogP contribution in [0.25, 0.3) is 44.8 Å². The van der Waals surface area contributed by atoms with Gasteiger partial charge in [-0.2, -0.15) is 14.3 Å². The van der Waals surface area contributed by atoms with Crippen molar-refractivity contribution in [1.29, 1.82) is 0 Å². The van der Waals surface area contributed by atoms with Crippen LogP contribution in [0.4, 0.5) is 5.69 Å². The molecule has 4 saturated heterocycles. The average Bonchev–Trinajstić information content (AvgIpc) is 4.49. The lowest BCUT2D eigenvalue weighted by Gasteiger charge is -2.19. The van der Waals surface area contributed by atoms with Crippen molar-refractivity contribution in [3.63, 3.8) is 0 Å². The van der Waals surface area contributed by atoms with Gasteiger partial charge in [0.1, 0.15) is 61.1 Å². The smallest absolute Gasteiger partial charge is 0.301 e. The predicted octanol–water partition coefficient (Wildman–Crippen LogP) is 10.5. The third kappa shape index (κ3) is 13.6. The Balaban J connectivity index is 0.000000183. The van der Waals surface area contributed by atoms with Gasteiger partial charge in [-0.05, 0) is 60.6 Å². The number of pyridine rings is 2. The van der Waals surface area contributed by atoms with E-state index in [-0.39, 0.29) is 51.6 Å². The van der Waals surface area contributed by atoms with E-state index in [0.29, 0.717) is 86.2 Å². The van der Waals surface area contributed by atoms with Crippen LogP contribution >= 0.6 is 39.1 Å². The second kappa shape index (κ2) is 24.2. The molecule has 0 saturated carbocycles. The minimum atomic E-state index is -2.61. The summed E-state index contributed by atoms with van der Waals surface area (Å²) in [6, 6.07) is 30.7. The normalized spacial score (nSPS) is 23.6. The van der Waals surface area contributed by atoms with Crippen molar-refractivity contribution in [3.8, 4) is 34.5 Å². The number of aliphatic hydroxyl groups is 2. The zero-order chi connectivity index (χ0) is 55.8. The Bertz CT molecular complexity index is 3400. The highest BCUT2D eigenvalue weighted by molar-refractivity contribution is 9.10. The fourth-order valence-electron chi connectivity index (χ4n) is 9.47. The minimum Gasteiger partial charge on any atom is -0.456 e. The highest BCUT2D eigenvalue weighted by atomic mass is 79.9. The number of hydrogen-bond donors (Lipinski definition) is 2. The summed E-state index contributed by atoms with van der Waals surface area (Å²) in [6.45, 7) is 16.6. The van der Waals surface area contributed by atoms with Gasteiger partial charge in [0.15, 0.2) is 23.5 Å². The maximum Gasteiger partial charge on any atom is 0.301 e. The Morgan fingerprint density at radius 3 is 1.51 bits per heavy atom. The minimum absolute atomic E-state index is 0.192. The molecule has 8 heterocycles.